The van der Waals surface area contributed by atoms with E-state index in [1.54, 1.807) is 6.92 Å². The van der Waals surface area contributed by atoms with Gasteiger partial charge in [0.05, 0.1) is 19.9 Å². The van der Waals surface area contributed by atoms with E-state index in [4.69, 9.17) is 9.47 Å². The normalized spacial score (nSPS) is 9.78. The lowest BCUT2D eigenvalue weighted by Gasteiger charge is -2.12. The summed E-state index contributed by atoms with van der Waals surface area (Å²) in [6.07, 6.45) is 1.34. The lowest BCUT2D eigenvalue weighted by atomic mass is 10.1. The fraction of sp³-hybridized carbons (Fsp3) is 0.417. The van der Waals surface area contributed by atoms with E-state index in [-0.39, 0.29) is 12.2 Å². The molecule has 98 valence electrons. The molecule has 1 rings (SSSR count). The molecule has 0 spiro atoms. The van der Waals surface area contributed by atoms with E-state index >= 15 is 0 Å². The molecule has 6 nitrogen and oxygen atoms in total. The predicted octanol–water partition coefficient (Wildman–Crippen LogP) is 1.25. The van der Waals surface area contributed by atoms with E-state index < -0.39 is 11.9 Å². The minimum absolute atomic E-state index is 0.0407. The van der Waals surface area contributed by atoms with Gasteiger partial charge in [0.2, 0.25) is 0 Å². The number of carbonyl (C=O) groups is 2. The number of hydrogen-bond acceptors (Lipinski definition) is 6. The molecule has 0 saturated carbocycles. The van der Waals surface area contributed by atoms with E-state index in [9.17, 15) is 9.59 Å². The molecule has 0 N–H and O–H groups in total. The third-order valence-corrected chi connectivity index (χ3v) is 2.39. The van der Waals surface area contributed by atoms with Gasteiger partial charge in [-0.15, -0.1) is 0 Å². The third-order valence-electron chi connectivity index (χ3n) is 2.39. The molecule has 0 saturated heterocycles. The Kier molecular flexibility index (Phi) is 4.65. The molecule has 1 aromatic rings. The zero-order valence-corrected chi connectivity index (χ0v) is 10.8. The second-order valence-corrected chi connectivity index (χ2v) is 3.55. The van der Waals surface area contributed by atoms with Gasteiger partial charge in [-0.05, 0) is 6.92 Å². The van der Waals surface area contributed by atoms with Crippen molar-refractivity contribution in [2.75, 3.05) is 14.2 Å². The summed E-state index contributed by atoms with van der Waals surface area (Å²) in [4.78, 5) is 26.3. The Bertz CT molecular complexity index is 470. The van der Waals surface area contributed by atoms with Gasteiger partial charge in [0.1, 0.15) is 17.9 Å². The van der Waals surface area contributed by atoms with Gasteiger partial charge in [-0.3, -0.25) is 9.78 Å². The first-order valence-electron chi connectivity index (χ1n) is 5.25. The number of aromatic nitrogens is 1. The maximum atomic E-state index is 11.5. The van der Waals surface area contributed by atoms with Gasteiger partial charge < -0.3 is 14.2 Å². The van der Waals surface area contributed by atoms with Crippen molar-refractivity contribution in [1.29, 1.82) is 0 Å². The maximum Gasteiger partial charge on any atom is 0.343 e. The van der Waals surface area contributed by atoms with Crippen LogP contribution in [-0.4, -0.2) is 31.1 Å². The molecule has 0 aliphatic carbocycles. The van der Waals surface area contributed by atoms with E-state index in [0.717, 1.165) is 0 Å². The number of rotatable bonds is 4. The Labute approximate surface area is 105 Å². The Morgan fingerprint density at radius 1 is 1.33 bits per heavy atom. The molecule has 0 aliphatic heterocycles. The second-order valence-electron chi connectivity index (χ2n) is 3.55. The predicted molar refractivity (Wildman–Crippen MR) is 62.3 cm³/mol. The molecule has 6 heteroatoms. The smallest absolute Gasteiger partial charge is 0.343 e. The van der Waals surface area contributed by atoms with E-state index in [2.05, 4.69) is 9.72 Å². The van der Waals surface area contributed by atoms with Gasteiger partial charge in [0.15, 0.2) is 0 Å². The van der Waals surface area contributed by atoms with Crippen molar-refractivity contribution in [1.82, 2.24) is 4.98 Å². The van der Waals surface area contributed by atoms with Crippen molar-refractivity contribution >= 4 is 11.9 Å². The largest absolute Gasteiger partial charge is 0.495 e. The molecule has 0 fully saturated rings. The molecular formula is C12H15NO5. The Balaban J connectivity index is 3.11. The highest BCUT2D eigenvalue weighted by Gasteiger charge is 2.18. The summed E-state index contributed by atoms with van der Waals surface area (Å²) in [5.74, 6) is -0.548. The number of ether oxygens (including phenoxy) is 3. The number of hydrogen-bond donors (Lipinski definition) is 0. The summed E-state index contributed by atoms with van der Waals surface area (Å²) in [6, 6.07) is 0. The van der Waals surface area contributed by atoms with Crippen LogP contribution in [0.2, 0.25) is 0 Å². The fourth-order valence-electron chi connectivity index (χ4n) is 1.46. The van der Waals surface area contributed by atoms with Crippen LogP contribution in [0.25, 0.3) is 0 Å². The maximum absolute atomic E-state index is 11.5. The zero-order valence-electron chi connectivity index (χ0n) is 10.8. The average molecular weight is 253 g/mol. The standard InChI is InChI=1S/C12H15NO5/c1-7-10(6-18-8(2)14)13-5-9(11(7)16-3)12(15)17-4/h5H,6H2,1-4H3. The third kappa shape index (κ3) is 2.97. The summed E-state index contributed by atoms with van der Waals surface area (Å²) in [6.45, 7) is 3.09. The highest BCUT2D eigenvalue weighted by Crippen LogP contribution is 2.25. The van der Waals surface area contributed by atoms with E-state index in [0.29, 0.717) is 17.0 Å². The van der Waals surface area contributed by atoms with Crippen molar-refractivity contribution in [3.63, 3.8) is 0 Å². The molecular weight excluding hydrogens is 238 g/mol. The number of methoxy groups -OCH3 is 2. The zero-order chi connectivity index (χ0) is 13.7. The second kappa shape index (κ2) is 6.00. The van der Waals surface area contributed by atoms with Crippen molar-refractivity contribution in [2.45, 2.75) is 20.5 Å². The minimum Gasteiger partial charge on any atom is -0.495 e. The van der Waals surface area contributed by atoms with Crippen molar-refractivity contribution < 1.29 is 23.8 Å². The first-order chi connectivity index (χ1) is 8.51. The quantitative estimate of drug-likeness (QED) is 0.752. The highest BCUT2D eigenvalue weighted by molar-refractivity contribution is 5.92. The molecule has 0 aromatic carbocycles. The van der Waals surface area contributed by atoms with Gasteiger partial charge in [-0.25, -0.2) is 4.79 Å². The van der Waals surface area contributed by atoms with Gasteiger partial charge in [-0.2, -0.15) is 0 Å². The van der Waals surface area contributed by atoms with Crippen LogP contribution >= 0.6 is 0 Å². The van der Waals surface area contributed by atoms with Crippen LogP contribution in [0.4, 0.5) is 0 Å². The Morgan fingerprint density at radius 3 is 2.50 bits per heavy atom. The number of carbonyl (C=O) groups excluding carboxylic acids is 2. The van der Waals surface area contributed by atoms with Crippen LogP contribution in [-0.2, 0) is 20.9 Å². The van der Waals surface area contributed by atoms with Crippen LogP contribution in [0.15, 0.2) is 6.20 Å². The highest BCUT2D eigenvalue weighted by atomic mass is 16.5. The van der Waals surface area contributed by atoms with Crippen LogP contribution in [0.3, 0.4) is 0 Å². The van der Waals surface area contributed by atoms with Crippen molar-refractivity contribution in [3.8, 4) is 5.75 Å². The van der Waals surface area contributed by atoms with E-state index in [1.165, 1.54) is 27.3 Å². The monoisotopic (exact) mass is 253 g/mol. The van der Waals surface area contributed by atoms with Gasteiger partial charge in [-0.1, -0.05) is 0 Å². The van der Waals surface area contributed by atoms with Crippen molar-refractivity contribution in [3.05, 3.63) is 23.0 Å². The number of esters is 2. The number of pyridine rings is 1. The number of nitrogens with zero attached hydrogens (tertiary/aromatic N) is 1. The summed E-state index contributed by atoms with van der Waals surface area (Å²) in [5.41, 5.74) is 1.42. The molecule has 1 heterocycles. The Morgan fingerprint density at radius 2 is 2.00 bits per heavy atom. The van der Waals surface area contributed by atoms with Gasteiger partial charge in [0, 0.05) is 18.7 Å². The average Bonchev–Trinajstić information content (AvgIpc) is 2.35. The van der Waals surface area contributed by atoms with Crippen LogP contribution in [0, 0.1) is 6.92 Å². The summed E-state index contributed by atoms with van der Waals surface area (Å²) in [5, 5.41) is 0. The minimum atomic E-state index is -0.526. The molecule has 0 aliphatic rings. The molecule has 0 amide bonds. The van der Waals surface area contributed by atoms with Crippen LogP contribution < -0.4 is 4.74 Å². The summed E-state index contributed by atoms with van der Waals surface area (Å²) < 4.78 is 14.7. The molecule has 1 aromatic heterocycles. The lowest BCUT2D eigenvalue weighted by Crippen LogP contribution is -2.10. The van der Waals surface area contributed by atoms with Crippen LogP contribution in [0.1, 0.15) is 28.5 Å². The fourth-order valence-corrected chi connectivity index (χ4v) is 1.46. The molecule has 18 heavy (non-hydrogen) atoms. The van der Waals surface area contributed by atoms with Crippen LogP contribution in [0.5, 0.6) is 5.75 Å². The Hall–Kier alpha value is -2.11. The first kappa shape index (κ1) is 14.0. The SMILES string of the molecule is COC(=O)c1cnc(COC(C)=O)c(C)c1OC. The molecule has 0 bridgehead atoms. The summed E-state index contributed by atoms with van der Waals surface area (Å²) >= 11 is 0. The van der Waals surface area contributed by atoms with Gasteiger partial charge in [0.25, 0.3) is 0 Å². The first-order valence-corrected chi connectivity index (χ1v) is 5.25. The van der Waals surface area contributed by atoms with Crippen molar-refractivity contribution in [2.24, 2.45) is 0 Å². The molecule has 0 radical (unpaired) electrons. The summed E-state index contributed by atoms with van der Waals surface area (Å²) in [7, 11) is 2.73. The topological polar surface area (TPSA) is 74.7 Å². The lowest BCUT2D eigenvalue weighted by molar-refractivity contribution is -0.142. The molecule has 0 atom stereocenters. The van der Waals surface area contributed by atoms with Gasteiger partial charge >= 0.3 is 11.9 Å². The van der Waals surface area contributed by atoms with E-state index in [1.807, 2.05) is 0 Å². The molecule has 0 unspecified atom stereocenters.